The highest BCUT2D eigenvalue weighted by Gasteiger charge is 2.10. The third-order valence-corrected chi connectivity index (χ3v) is 2.93. The molecular weight excluding hydrogens is 206 g/mol. The number of imidazole rings is 1. The van der Waals surface area contributed by atoms with Gasteiger partial charge in [-0.2, -0.15) is 0 Å². The Bertz CT molecular complexity index is 385. The van der Waals surface area contributed by atoms with Crippen LogP contribution in [-0.4, -0.2) is 36.2 Å². The van der Waals surface area contributed by atoms with Gasteiger partial charge >= 0.3 is 0 Å². The van der Waals surface area contributed by atoms with Gasteiger partial charge in [-0.1, -0.05) is 0 Å². The molecule has 14 heavy (non-hydrogen) atoms. The van der Waals surface area contributed by atoms with Crippen LogP contribution in [0.2, 0.25) is 0 Å². The summed E-state index contributed by atoms with van der Waals surface area (Å²) in [5.74, 6) is -0.168. The number of aryl methyl sites for hydroxylation is 1. The molecular formula is C7H13N3O3S. The third-order valence-electron chi connectivity index (χ3n) is 1.66. The Morgan fingerprint density at radius 2 is 2.36 bits per heavy atom. The van der Waals surface area contributed by atoms with Crippen molar-refractivity contribution in [3.63, 3.8) is 0 Å². The van der Waals surface area contributed by atoms with Gasteiger partial charge in [0.2, 0.25) is 10.0 Å². The number of sulfonamides is 1. The van der Waals surface area contributed by atoms with Crippen LogP contribution < -0.4 is 4.72 Å². The fraction of sp³-hybridized carbons (Fsp3) is 0.571. The lowest BCUT2D eigenvalue weighted by molar-refractivity contribution is 0.300. The summed E-state index contributed by atoms with van der Waals surface area (Å²) in [7, 11) is -3.38. The average Bonchev–Trinajstić information content (AvgIpc) is 2.48. The Morgan fingerprint density at radius 1 is 1.64 bits per heavy atom. The number of hydrogen-bond acceptors (Lipinski definition) is 4. The van der Waals surface area contributed by atoms with Crippen molar-refractivity contribution in [2.75, 3.05) is 13.2 Å². The second kappa shape index (κ2) is 4.54. The molecule has 0 saturated carbocycles. The van der Waals surface area contributed by atoms with Gasteiger partial charge in [0.25, 0.3) is 0 Å². The molecule has 0 unspecified atom stereocenters. The van der Waals surface area contributed by atoms with E-state index in [0.29, 0.717) is 0 Å². The van der Waals surface area contributed by atoms with E-state index in [-0.39, 0.29) is 19.0 Å². The van der Waals surface area contributed by atoms with Crippen molar-refractivity contribution in [1.29, 1.82) is 0 Å². The second-order valence-electron chi connectivity index (χ2n) is 2.87. The van der Waals surface area contributed by atoms with Gasteiger partial charge in [0, 0.05) is 18.4 Å². The Labute approximate surface area is 82.6 Å². The van der Waals surface area contributed by atoms with Crippen molar-refractivity contribution in [1.82, 2.24) is 14.3 Å². The van der Waals surface area contributed by atoms with Crippen LogP contribution in [0.15, 0.2) is 12.5 Å². The lowest BCUT2D eigenvalue weighted by Crippen LogP contribution is -2.29. The molecule has 0 fully saturated rings. The molecule has 0 aromatic carbocycles. The van der Waals surface area contributed by atoms with E-state index in [0.717, 1.165) is 5.69 Å². The molecule has 0 amide bonds. The fourth-order valence-electron chi connectivity index (χ4n) is 0.952. The van der Waals surface area contributed by atoms with E-state index in [9.17, 15) is 8.42 Å². The Balaban J connectivity index is 2.64. The van der Waals surface area contributed by atoms with Crippen LogP contribution in [0.3, 0.4) is 0 Å². The Morgan fingerprint density at radius 3 is 2.86 bits per heavy atom. The van der Waals surface area contributed by atoms with E-state index < -0.39 is 10.0 Å². The molecule has 80 valence electrons. The van der Waals surface area contributed by atoms with Crippen LogP contribution in [0, 0.1) is 6.92 Å². The van der Waals surface area contributed by atoms with Gasteiger partial charge in [0.1, 0.15) is 5.88 Å². The Hall–Kier alpha value is -0.920. The number of aromatic nitrogens is 2. The zero-order valence-electron chi connectivity index (χ0n) is 7.84. The van der Waals surface area contributed by atoms with Crippen molar-refractivity contribution >= 4 is 10.0 Å². The molecule has 0 bridgehead atoms. The fourth-order valence-corrected chi connectivity index (χ4v) is 2.08. The van der Waals surface area contributed by atoms with Crippen LogP contribution in [0.5, 0.6) is 0 Å². The zero-order chi connectivity index (χ0) is 10.6. The number of aliphatic hydroxyl groups excluding tert-OH is 1. The van der Waals surface area contributed by atoms with E-state index in [2.05, 4.69) is 9.71 Å². The minimum Gasteiger partial charge on any atom is -0.395 e. The minimum absolute atomic E-state index is 0.0378. The van der Waals surface area contributed by atoms with Crippen molar-refractivity contribution in [3.8, 4) is 0 Å². The molecule has 1 aromatic heterocycles. The predicted octanol–water partition coefficient (Wildman–Crippen LogP) is -0.939. The molecule has 0 spiro atoms. The summed E-state index contributed by atoms with van der Waals surface area (Å²) in [5, 5.41) is 8.46. The lowest BCUT2D eigenvalue weighted by atomic mass is 10.5. The summed E-state index contributed by atoms with van der Waals surface area (Å²) in [6.07, 6.45) is 3.04. The summed E-state index contributed by atoms with van der Waals surface area (Å²) in [4.78, 5) is 3.81. The first kappa shape index (κ1) is 11.2. The molecule has 0 saturated heterocycles. The van der Waals surface area contributed by atoms with Crippen molar-refractivity contribution in [3.05, 3.63) is 18.2 Å². The largest absolute Gasteiger partial charge is 0.395 e. The number of rotatable bonds is 5. The maximum atomic E-state index is 11.3. The van der Waals surface area contributed by atoms with Gasteiger partial charge < -0.3 is 9.67 Å². The number of nitrogens with one attached hydrogen (secondary N) is 1. The summed E-state index contributed by atoms with van der Waals surface area (Å²) in [6, 6.07) is 0. The summed E-state index contributed by atoms with van der Waals surface area (Å²) in [5.41, 5.74) is 0.777. The SMILES string of the molecule is Cc1cncn1CS(=O)(=O)NCCO. The molecule has 0 atom stereocenters. The third kappa shape index (κ3) is 3.09. The topological polar surface area (TPSA) is 84.2 Å². The van der Waals surface area contributed by atoms with Crippen LogP contribution in [0.1, 0.15) is 5.69 Å². The van der Waals surface area contributed by atoms with Gasteiger partial charge in [-0.3, -0.25) is 0 Å². The standard InChI is InChI=1S/C7H13N3O3S/c1-7-4-8-5-10(7)6-14(12,13)9-2-3-11/h4-5,9,11H,2-3,6H2,1H3. The maximum absolute atomic E-state index is 11.3. The normalized spacial score (nSPS) is 11.9. The number of hydrogen-bond donors (Lipinski definition) is 2. The summed E-state index contributed by atoms with van der Waals surface area (Å²) < 4.78 is 26.4. The van der Waals surface area contributed by atoms with E-state index in [1.807, 2.05) is 0 Å². The molecule has 1 aromatic rings. The van der Waals surface area contributed by atoms with Gasteiger partial charge in [-0.15, -0.1) is 0 Å². The average molecular weight is 219 g/mol. The summed E-state index contributed by atoms with van der Waals surface area (Å²) in [6.45, 7) is 1.60. The van der Waals surface area contributed by atoms with Crippen molar-refractivity contribution in [2.24, 2.45) is 0 Å². The quantitative estimate of drug-likeness (QED) is 0.669. The highest BCUT2D eigenvalue weighted by Crippen LogP contribution is 1.99. The molecule has 0 radical (unpaired) electrons. The minimum atomic E-state index is -3.38. The van der Waals surface area contributed by atoms with E-state index in [1.165, 1.54) is 10.9 Å². The smallest absolute Gasteiger partial charge is 0.230 e. The van der Waals surface area contributed by atoms with Gasteiger partial charge in [-0.25, -0.2) is 18.1 Å². The summed E-state index contributed by atoms with van der Waals surface area (Å²) >= 11 is 0. The van der Waals surface area contributed by atoms with Gasteiger partial charge in [-0.05, 0) is 6.92 Å². The lowest BCUT2D eigenvalue weighted by Gasteiger charge is -2.07. The van der Waals surface area contributed by atoms with Crippen LogP contribution in [-0.2, 0) is 15.9 Å². The molecule has 0 aliphatic heterocycles. The highest BCUT2D eigenvalue weighted by molar-refractivity contribution is 7.88. The highest BCUT2D eigenvalue weighted by atomic mass is 32.2. The monoisotopic (exact) mass is 219 g/mol. The molecule has 0 aliphatic rings. The molecule has 0 aliphatic carbocycles. The van der Waals surface area contributed by atoms with E-state index in [4.69, 9.17) is 5.11 Å². The maximum Gasteiger partial charge on any atom is 0.230 e. The molecule has 7 heteroatoms. The van der Waals surface area contributed by atoms with Crippen LogP contribution in [0.25, 0.3) is 0 Å². The Kier molecular flexibility index (Phi) is 3.62. The van der Waals surface area contributed by atoms with Crippen molar-refractivity contribution < 1.29 is 13.5 Å². The molecule has 1 rings (SSSR count). The second-order valence-corrected chi connectivity index (χ2v) is 4.64. The predicted molar refractivity (Wildman–Crippen MR) is 51.0 cm³/mol. The zero-order valence-corrected chi connectivity index (χ0v) is 8.66. The van der Waals surface area contributed by atoms with Crippen LogP contribution >= 0.6 is 0 Å². The molecule has 6 nitrogen and oxygen atoms in total. The molecule has 2 N–H and O–H groups in total. The first-order valence-electron chi connectivity index (χ1n) is 4.10. The molecule has 1 heterocycles. The van der Waals surface area contributed by atoms with E-state index >= 15 is 0 Å². The number of aliphatic hydroxyl groups is 1. The van der Waals surface area contributed by atoms with Gasteiger partial charge in [0.15, 0.2) is 0 Å². The van der Waals surface area contributed by atoms with Crippen molar-refractivity contribution in [2.45, 2.75) is 12.8 Å². The first-order chi connectivity index (χ1) is 6.55. The van der Waals surface area contributed by atoms with Gasteiger partial charge in [0.05, 0.1) is 12.9 Å². The van der Waals surface area contributed by atoms with E-state index in [1.54, 1.807) is 13.1 Å². The first-order valence-corrected chi connectivity index (χ1v) is 5.75. The number of nitrogens with zero attached hydrogens (tertiary/aromatic N) is 2. The van der Waals surface area contributed by atoms with Crippen LogP contribution in [0.4, 0.5) is 0 Å².